The van der Waals surface area contributed by atoms with E-state index in [9.17, 15) is 0 Å². The monoisotopic (exact) mass is 278 g/mol. The molecule has 4 nitrogen and oxygen atoms in total. The van der Waals surface area contributed by atoms with Crippen LogP contribution in [0.5, 0.6) is 11.5 Å². The van der Waals surface area contributed by atoms with Crippen LogP contribution in [0.4, 0.5) is 0 Å². The van der Waals surface area contributed by atoms with Crippen LogP contribution in [0.1, 0.15) is 51.1 Å². The second-order valence-corrected chi connectivity index (χ2v) is 5.52. The van der Waals surface area contributed by atoms with Crippen molar-refractivity contribution in [1.29, 1.82) is 0 Å². The third kappa shape index (κ3) is 3.64. The minimum Gasteiger partial charge on any atom is -0.490 e. The predicted octanol–water partition coefficient (Wildman–Crippen LogP) is 3.18. The summed E-state index contributed by atoms with van der Waals surface area (Å²) in [6.45, 7) is 5.88. The van der Waals surface area contributed by atoms with E-state index in [1.165, 1.54) is 24.8 Å². The van der Waals surface area contributed by atoms with Gasteiger partial charge in [0.2, 0.25) is 0 Å². The van der Waals surface area contributed by atoms with Gasteiger partial charge in [-0.25, -0.2) is 0 Å². The molecule has 0 aromatic heterocycles. The van der Waals surface area contributed by atoms with Gasteiger partial charge in [0.15, 0.2) is 11.5 Å². The first-order chi connectivity index (χ1) is 9.76. The summed E-state index contributed by atoms with van der Waals surface area (Å²) in [5.74, 6) is 7.93. The van der Waals surface area contributed by atoms with Crippen molar-refractivity contribution in [3.05, 3.63) is 23.8 Å². The fraction of sp³-hybridized carbons (Fsp3) is 0.625. The first-order valence-electron chi connectivity index (χ1n) is 7.62. The Balaban J connectivity index is 2.15. The van der Waals surface area contributed by atoms with Crippen LogP contribution < -0.4 is 20.7 Å². The van der Waals surface area contributed by atoms with Crippen molar-refractivity contribution < 1.29 is 9.47 Å². The van der Waals surface area contributed by atoms with Gasteiger partial charge in [0.05, 0.1) is 13.2 Å². The van der Waals surface area contributed by atoms with Crippen molar-refractivity contribution in [2.24, 2.45) is 11.8 Å². The van der Waals surface area contributed by atoms with Crippen molar-refractivity contribution in [3.8, 4) is 11.5 Å². The van der Waals surface area contributed by atoms with E-state index in [2.05, 4.69) is 31.4 Å². The van der Waals surface area contributed by atoms with E-state index in [1.807, 2.05) is 6.07 Å². The van der Waals surface area contributed by atoms with E-state index >= 15 is 0 Å². The molecule has 1 aliphatic rings. The first-order valence-corrected chi connectivity index (χ1v) is 7.62. The number of benzene rings is 1. The van der Waals surface area contributed by atoms with Crippen molar-refractivity contribution in [1.82, 2.24) is 5.43 Å². The van der Waals surface area contributed by atoms with Crippen LogP contribution in [0.3, 0.4) is 0 Å². The van der Waals surface area contributed by atoms with Crippen molar-refractivity contribution in [2.75, 3.05) is 13.2 Å². The molecule has 112 valence electrons. The third-order valence-electron chi connectivity index (χ3n) is 3.89. The van der Waals surface area contributed by atoms with Gasteiger partial charge < -0.3 is 9.47 Å². The van der Waals surface area contributed by atoms with Crippen LogP contribution in [0, 0.1) is 5.92 Å². The van der Waals surface area contributed by atoms with E-state index < -0.39 is 0 Å². The Kier molecular flexibility index (Phi) is 5.68. The quantitative estimate of drug-likeness (QED) is 0.620. The van der Waals surface area contributed by atoms with E-state index in [1.54, 1.807) is 0 Å². The fourth-order valence-corrected chi connectivity index (χ4v) is 2.66. The van der Waals surface area contributed by atoms with Gasteiger partial charge in [-0.2, -0.15) is 0 Å². The molecule has 4 heteroatoms. The Morgan fingerprint density at radius 2 is 2.00 bits per heavy atom. The molecule has 20 heavy (non-hydrogen) atoms. The summed E-state index contributed by atoms with van der Waals surface area (Å²) in [5, 5.41) is 0. The third-order valence-corrected chi connectivity index (χ3v) is 3.89. The number of unbranched alkanes of at least 4 members (excludes halogenated alkanes) is 1. The van der Waals surface area contributed by atoms with Gasteiger partial charge in [0.25, 0.3) is 0 Å². The Labute approximate surface area is 121 Å². The molecule has 0 radical (unpaired) electrons. The lowest BCUT2D eigenvalue weighted by atomic mass is 9.90. The molecule has 3 N–H and O–H groups in total. The first kappa shape index (κ1) is 15.1. The number of nitrogens with two attached hydrogens (primary N) is 1. The summed E-state index contributed by atoms with van der Waals surface area (Å²) in [5.41, 5.74) is 4.12. The van der Waals surface area contributed by atoms with Gasteiger partial charge in [0, 0.05) is 12.5 Å². The maximum Gasteiger partial charge on any atom is 0.161 e. The van der Waals surface area contributed by atoms with Gasteiger partial charge >= 0.3 is 0 Å². The maximum atomic E-state index is 5.76. The lowest BCUT2D eigenvalue weighted by Crippen LogP contribution is -2.32. The number of hydrazine groups is 1. The molecule has 1 aromatic carbocycles. The molecule has 0 saturated heterocycles. The number of ether oxygens (including phenoxy) is 2. The summed E-state index contributed by atoms with van der Waals surface area (Å²) in [6.07, 6.45) is 4.53. The van der Waals surface area contributed by atoms with Crippen LogP contribution in [-0.4, -0.2) is 13.2 Å². The average molecular weight is 278 g/mol. The molecule has 1 heterocycles. The minimum atomic E-state index is 0.152. The van der Waals surface area contributed by atoms with Crippen molar-refractivity contribution >= 4 is 0 Å². The molecule has 0 spiro atoms. The molecule has 0 fully saturated rings. The van der Waals surface area contributed by atoms with Crippen LogP contribution in [0.25, 0.3) is 0 Å². The Morgan fingerprint density at radius 3 is 2.70 bits per heavy atom. The molecule has 1 aliphatic heterocycles. The van der Waals surface area contributed by atoms with E-state index in [0.717, 1.165) is 24.5 Å². The second kappa shape index (κ2) is 7.50. The summed E-state index contributed by atoms with van der Waals surface area (Å²) < 4.78 is 11.4. The van der Waals surface area contributed by atoms with Gasteiger partial charge in [-0.15, -0.1) is 0 Å². The highest BCUT2D eigenvalue weighted by atomic mass is 16.5. The summed E-state index contributed by atoms with van der Waals surface area (Å²) in [6, 6.07) is 6.29. The zero-order valence-electron chi connectivity index (χ0n) is 12.5. The Hall–Kier alpha value is -1.26. The molecule has 2 rings (SSSR count). The lowest BCUT2D eigenvalue weighted by molar-refractivity contribution is 0.296. The number of hydrogen-bond donors (Lipinski definition) is 2. The van der Waals surface area contributed by atoms with Crippen molar-refractivity contribution in [2.45, 2.75) is 45.6 Å². The van der Waals surface area contributed by atoms with E-state index in [0.29, 0.717) is 12.5 Å². The van der Waals surface area contributed by atoms with E-state index in [4.69, 9.17) is 15.3 Å². The number of rotatable bonds is 6. The predicted molar refractivity (Wildman–Crippen MR) is 80.8 cm³/mol. The second-order valence-electron chi connectivity index (χ2n) is 5.52. The molecular formula is C16H26N2O2. The zero-order chi connectivity index (χ0) is 14.4. The van der Waals surface area contributed by atoms with Crippen molar-refractivity contribution in [3.63, 3.8) is 0 Å². The smallest absolute Gasteiger partial charge is 0.161 e. The average Bonchev–Trinajstić information content (AvgIpc) is 2.70. The zero-order valence-corrected chi connectivity index (χ0v) is 12.5. The van der Waals surface area contributed by atoms with E-state index in [-0.39, 0.29) is 6.04 Å². The standard InChI is InChI=1S/C16H26N2O2/c1-3-4-6-12(2)16(18-17)13-7-8-14-15(11-13)20-10-5-9-19-14/h7-8,11-12,16,18H,3-6,9-10,17H2,1-2H3. The Morgan fingerprint density at radius 1 is 1.25 bits per heavy atom. The number of fused-ring (bicyclic) bond motifs is 1. The summed E-state index contributed by atoms with van der Waals surface area (Å²) >= 11 is 0. The molecule has 1 aromatic rings. The van der Waals surface area contributed by atoms with Crippen LogP contribution in [0.15, 0.2) is 18.2 Å². The maximum absolute atomic E-state index is 5.76. The summed E-state index contributed by atoms with van der Waals surface area (Å²) in [4.78, 5) is 0. The van der Waals surface area contributed by atoms with Gasteiger partial charge in [-0.05, 0) is 30.0 Å². The number of nitrogens with one attached hydrogen (secondary N) is 1. The fourth-order valence-electron chi connectivity index (χ4n) is 2.66. The molecule has 0 bridgehead atoms. The van der Waals surface area contributed by atoms with Crippen LogP contribution in [0.2, 0.25) is 0 Å². The number of hydrogen-bond acceptors (Lipinski definition) is 4. The highest BCUT2D eigenvalue weighted by Crippen LogP contribution is 2.34. The largest absolute Gasteiger partial charge is 0.490 e. The highest BCUT2D eigenvalue weighted by Gasteiger charge is 2.20. The Bertz CT molecular complexity index is 423. The molecule has 2 unspecified atom stereocenters. The normalized spacial score (nSPS) is 17.4. The van der Waals surface area contributed by atoms with Gasteiger partial charge in [0.1, 0.15) is 0 Å². The SMILES string of the molecule is CCCCC(C)C(NN)c1ccc2c(c1)OCCCO2. The molecule has 0 amide bonds. The van der Waals surface area contributed by atoms with Gasteiger partial charge in [-0.3, -0.25) is 11.3 Å². The van der Waals surface area contributed by atoms with Crippen LogP contribution >= 0.6 is 0 Å². The molecule has 2 atom stereocenters. The molecule has 0 saturated carbocycles. The molecular weight excluding hydrogens is 252 g/mol. The highest BCUT2D eigenvalue weighted by molar-refractivity contribution is 5.44. The lowest BCUT2D eigenvalue weighted by Gasteiger charge is -2.24. The molecule has 0 aliphatic carbocycles. The topological polar surface area (TPSA) is 56.5 Å². The summed E-state index contributed by atoms with van der Waals surface area (Å²) in [7, 11) is 0. The van der Waals surface area contributed by atoms with Crippen LogP contribution in [-0.2, 0) is 0 Å². The van der Waals surface area contributed by atoms with Gasteiger partial charge in [-0.1, -0.05) is 32.8 Å². The minimum absolute atomic E-state index is 0.152.